The van der Waals surface area contributed by atoms with Crippen LogP contribution >= 0.6 is 11.8 Å². The zero-order valence-electron chi connectivity index (χ0n) is 15.3. The average Bonchev–Trinajstić information content (AvgIpc) is 3.03. The molecule has 0 spiro atoms. The van der Waals surface area contributed by atoms with E-state index in [1.165, 1.54) is 11.8 Å². The molecule has 0 aliphatic heterocycles. The van der Waals surface area contributed by atoms with Crippen molar-refractivity contribution in [3.8, 4) is 17.1 Å². The first kappa shape index (κ1) is 19.8. The minimum absolute atomic E-state index is 0.384. The predicted molar refractivity (Wildman–Crippen MR) is 100 cm³/mol. The van der Waals surface area contributed by atoms with Gasteiger partial charge in [-0.2, -0.15) is 0 Å². The van der Waals surface area contributed by atoms with E-state index in [0.717, 1.165) is 5.56 Å². The Balaban J connectivity index is 2.20. The van der Waals surface area contributed by atoms with Crippen LogP contribution < -0.4 is 15.4 Å². The number of aromatic nitrogens is 3. The Morgan fingerprint density at radius 1 is 1.27 bits per heavy atom. The maximum atomic E-state index is 12.1. The predicted octanol–water partition coefficient (Wildman–Crippen LogP) is 2.30. The van der Waals surface area contributed by atoms with E-state index in [2.05, 4.69) is 20.8 Å². The fraction of sp³-hybridized carbons (Fsp3) is 0.412. The number of imide groups is 1. The fourth-order valence-electron chi connectivity index (χ4n) is 2.32. The molecule has 8 nitrogen and oxygen atoms in total. The van der Waals surface area contributed by atoms with Crippen LogP contribution in [0, 0.1) is 0 Å². The molecule has 2 rings (SSSR count). The first-order chi connectivity index (χ1) is 12.5. The number of rotatable bonds is 7. The molecule has 0 unspecified atom stereocenters. The minimum Gasteiger partial charge on any atom is -0.496 e. The molecule has 140 valence electrons. The monoisotopic (exact) mass is 377 g/mol. The maximum absolute atomic E-state index is 12.1. The Labute approximate surface area is 156 Å². The van der Waals surface area contributed by atoms with E-state index in [4.69, 9.17) is 4.74 Å². The SMILES string of the molecule is CCNC(=O)NC(=O)[C@H](C)Sc1nnc(-c2ccccc2OC)n1CC. The van der Waals surface area contributed by atoms with Gasteiger partial charge in [-0.25, -0.2) is 4.79 Å². The fourth-order valence-corrected chi connectivity index (χ4v) is 3.23. The van der Waals surface area contributed by atoms with Gasteiger partial charge < -0.3 is 14.6 Å². The van der Waals surface area contributed by atoms with E-state index in [0.29, 0.717) is 29.8 Å². The second-order valence-corrected chi connectivity index (χ2v) is 6.67. The van der Waals surface area contributed by atoms with Crippen LogP contribution in [0.15, 0.2) is 29.4 Å². The lowest BCUT2D eigenvalue weighted by atomic mass is 10.2. The number of methoxy groups -OCH3 is 1. The number of urea groups is 1. The number of hydrogen-bond donors (Lipinski definition) is 2. The average molecular weight is 377 g/mol. The van der Waals surface area contributed by atoms with Gasteiger partial charge in [0.1, 0.15) is 5.75 Å². The molecule has 2 aromatic rings. The van der Waals surface area contributed by atoms with Gasteiger partial charge in [0, 0.05) is 13.1 Å². The zero-order chi connectivity index (χ0) is 19.1. The molecule has 1 aromatic carbocycles. The minimum atomic E-state index is -0.503. The third-order valence-electron chi connectivity index (χ3n) is 3.61. The van der Waals surface area contributed by atoms with Crippen molar-refractivity contribution in [3.63, 3.8) is 0 Å². The van der Waals surface area contributed by atoms with Crippen molar-refractivity contribution in [2.75, 3.05) is 13.7 Å². The van der Waals surface area contributed by atoms with E-state index in [9.17, 15) is 9.59 Å². The summed E-state index contributed by atoms with van der Waals surface area (Å²) in [6.45, 7) is 6.56. The van der Waals surface area contributed by atoms with E-state index in [1.54, 1.807) is 21.0 Å². The summed E-state index contributed by atoms with van der Waals surface area (Å²) in [5.41, 5.74) is 0.829. The van der Waals surface area contributed by atoms with Gasteiger partial charge in [-0.05, 0) is 32.9 Å². The van der Waals surface area contributed by atoms with Crippen LogP contribution in [0.25, 0.3) is 11.4 Å². The Morgan fingerprint density at radius 3 is 2.65 bits per heavy atom. The van der Waals surface area contributed by atoms with Gasteiger partial charge in [-0.1, -0.05) is 23.9 Å². The third-order valence-corrected chi connectivity index (χ3v) is 4.69. The van der Waals surface area contributed by atoms with Crippen molar-refractivity contribution in [3.05, 3.63) is 24.3 Å². The van der Waals surface area contributed by atoms with Crippen molar-refractivity contribution in [1.29, 1.82) is 0 Å². The van der Waals surface area contributed by atoms with Gasteiger partial charge in [0.15, 0.2) is 11.0 Å². The summed E-state index contributed by atoms with van der Waals surface area (Å²) in [5, 5.41) is 13.4. The molecule has 0 bridgehead atoms. The highest BCUT2D eigenvalue weighted by molar-refractivity contribution is 8.00. The molecular weight excluding hydrogens is 354 g/mol. The molecule has 0 saturated heterocycles. The Bertz CT molecular complexity index is 778. The maximum Gasteiger partial charge on any atom is 0.321 e. The highest BCUT2D eigenvalue weighted by Gasteiger charge is 2.22. The molecule has 3 amide bonds. The van der Waals surface area contributed by atoms with Crippen LogP contribution in [-0.4, -0.2) is 45.6 Å². The topological polar surface area (TPSA) is 98.1 Å². The van der Waals surface area contributed by atoms with Crippen LogP contribution in [0.1, 0.15) is 20.8 Å². The van der Waals surface area contributed by atoms with E-state index in [-0.39, 0.29) is 5.91 Å². The lowest BCUT2D eigenvalue weighted by Crippen LogP contribution is -2.42. The first-order valence-corrected chi connectivity index (χ1v) is 9.21. The van der Waals surface area contributed by atoms with Crippen molar-refractivity contribution >= 4 is 23.7 Å². The number of para-hydroxylation sites is 1. The standard InChI is InChI=1S/C17H23N5O3S/c1-5-18-16(24)19-15(23)11(3)26-17-21-20-14(22(17)6-2)12-9-7-8-10-13(12)25-4/h7-11H,5-6H2,1-4H3,(H2,18,19,23,24)/t11-/m0/s1. The van der Waals surface area contributed by atoms with Crippen LogP contribution in [0.4, 0.5) is 4.79 Å². The summed E-state index contributed by atoms with van der Waals surface area (Å²) in [6.07, 6.45) is 0. The second kappa shape index (κ2) is 9.23. The quantitative estimate of drug-likeness (QED) is 0.719. The van der Waals surface area contributed by atoms with Gasteiger partial charge in [-0.15, -0.1) is 10.2 Å². The summed E-state index contributed by atoms with van der Waals surface area (Å²) in [4.78, 5) is 23.6. The highest BCUT2D eigenvalue weighted by Crippen LogP contribution is 2.31. The number of thioether (sulfide) groups is 1. The van der Waals surface area contributed by atoms with Gasteiger partial charge in [0.25, 0.3) is 0 Å². The molecule has 0 aliphatic carbocycles. The van der Waals surface area contributed by atoms with Gasteiger partial charge in [0.05, 0.1) is 17.9 Å². The molecular formula is C17H23N5O3S. The molecule has 0 saturated carbocycles. The van der Waals surface area contributed by atoms with Crippen LogP contribution in [0.2, 0.25) is 0 Å². The molecule has 2 N–H and O–H groups in total. The number of carbonyl (C=O) groups excluding carboxylic acids is 2. The van der Waals surface area contributed by atoms with Crippen molar-refractivity contribution < 1.29 is 14.3 Å². The number of ether oxygens (including phenoxy) is 1. The molecule has 0 aliphatic rings. The normalized spacial score (nSPS) is 11.7. The summed E-state index contributed by atoms with van der Waals surface area (Å²) in [5.74, 6) is 0.988. The Morgan fingerprint density at radius 2 is 2.00 bits per heavy atom. The van der Waals surface area contributed by atoms with Gasteiger partial charge in [-0.3, -0.25) is 10.1 Å². The third kappa shape index (κ3) is 4.54. The number of carbonyl (C=O) groups is 2. The van der Waals surface area contributed by atoms with Crippen molar-refractivity contribution in [2.24, 2.45) is 0 Å². The molecule has 1 atom stereocenters. The number of amides is 3. The van der Waals surface area contributed by atoms with Crippen LogP contribution in [0.3, 0.4) is 0 Å². The second-order valence-electron chi connectivity index (χ2n) is 5.36. The summed E-state index contributed by atoms with van der Waals surface area (Å²) in [7, 11) is 1.61. The lowest BCUT2D eigenvalue weighted by molar-refractivity contribution is -0.119. The number of benzene rings is 1. The molecule has 1 heterocycles. The van der Waals surface area contributed by atoms with Crippen LogP contribution in [-0.2, 0) is 11.3 Å². The zero-order valence-corrected chi connectivity index (χ0v) is 16.1. The summed E-state index contributed by atoms with van der Waals surface area (Å²) >= 11 is 1.25. The van der Waals surface area contributed by atoms with Crippen LogP contribution in [0.5, 0.6) is 5.75 Å². The van der Waals surface area contributed by atoms with E-state index < -0.39 is 11.3 Å². The molecule has 1 aromatic heterocycles. The van der Waals surface area contributed by atoms with E-state index in [1.807, 2.05) is 35.8 Å². The number of nitrogens with zero attached hydrogens (tertiary/aromatic N) is 3. The highest BCUT2D eigenvalue weighted by atomic mass is 32.2. The largest absolute Gasteiger partial charge is 0.496 e. The first-order valence-electron chi connectivity index (χ1n) is 8.33. The Kier molecular flexibility index (Phi) is 7.02. The lowest BCUT2D eigenvalue weighted by Gasteiger charge is -2.13. The molecule has 9 heteroatoms. The number of nitrogens with one attached hydrogen (secondary N) is 2. The summed E-state index contributed by atoms with van der Waals surface area (Å²) < 4.78 is 7.31. The number of hydrogen-bond acceptors (Lipinski definition) is 6. The van der Waals surface area contributed by atoms with Crippen molar-refractivity contribution in [2.45, 2.75) is 37.7 Å². The molecule has 0 fully saturated rings. The molecule has 0 radical (unpaired) electrons. The van der Waals surface area contributed by atoms with Gasteiger partial charge in [0.2, 0.25) is 5.91 Å². The summed E-state index contributed by atoms with van der Waals surface area (Å²) in [6, 6.07) is 7.06. The van der Waals surface area contributed by atoms with Crippen molar-refractivity contribution in [1.82, 2.24) is 25.4 Å². The van der Waals surface area contributed by atoms with Gasteiger partial charge >= 0.3 is 6.03 Å². The van der Waals surface area contributed by atoms with E-state index >= 15 is 0 Å². The Hall–Kier alpha value is -2.55. The molecule has 26 heavy (non-hydrogen) atoms. The smallest absolute Gasteiger partial charge is 0.321 e.